The van der Waals surface area contributed by atoms with E-state index >= 15 is 0 Å². The fraction of sp³-hybridized carbons (Fsp3) is 0.333. The molecule has 4 rings (SSSR count). The predicted molar refractivity (Wildman–Crippen MR) is 80.2 cm³/mol. The zero-order chi connectivity index (χ0) is 13.5. The minimum absolute atomic E-state index is 0.471. The van der Waals surface area contributed by atoms with Crippen LogP contribution in [-0.4, -0.2) is 13.2 Å². The third-order valence-corrected chi connectivity index (χ3v) is 4.76. The van der Waals surface area contributed by atoms with E-state index in [1.54, 1.807) is 7.11 Å². The van der Waals surface area contributed by atoms with Gasteiger partial charge in [0.05, 0.1) is 7.11 Å². The van der Waals surface area contributed by atoms with E-state index in [4.69, 9.17) is 4.74 Å². The molecular weight excluding hydrogens is 246 g/mol. The van der Waals surface area contributed by atoms with Crippen molar-refractivity contribution >= 4 is 0 Å². The third kappa shape index (κ3) is 1.75. The van der Waals surface area contributed by atoms with Crippen LogP contribution in [-0.2, 0) is 13.0 Å². The monoisotopic (exact) mass is 265 g/mol. The van der Waals surface area contributed by atoms with Crippen LogP contribution in [0.15, 0.2) is 42.5 Å². The molecule has 2 atom stereocenters. The molecule has 0 amide bonds. The number of hydrogen-bond acceptors (Lipinski definition) is 2. The van der Waals surface area contributed by atoms with Crippen molar-refractivity contribution < 1.29 is 4.74 Å². The Morgan fingerprint density at radius 2 is 1.95 bits per heavy atom. The molecule has 0 saturated carbocycles. The maximum absolute atomic E-state index is 5.43. The predicted octanol–water partition coefficient (Wildman–Crippen LogP) is 3.25. The average molecular weight is 265 g/mol. The van der Waals surface area contributed by atoms with Gasteiger partial charge in [-0.3, -0.25) is 0 Å². The summed E-state index contributed by atoms with van der Waals surface area (Å²) in [5, 5.41) is 3.71. The Morgan fingerprint density at radius 1 is 1.05 bits per heavy atom. The molecule has 0 saturated heterocycles. The van der Waals surface area contributed by atoms with E-state index in [2.05, 4.69) is 47.8 Å². The quantitative estimate of drug-likeness (QED) is 0.854. The number of methoxy groups -OCH3 is 1. The topological polar surface area (TPSA) is 21.3 Å². The molecule has 2 nitrogen and oxygen atoms in total. The van der Waals surface area contributed by atoms with Gasteiger partial charge in [0.15, 0.2) is 0 Å². The second kappa shape index (κ2) is 4.64. The Morgan fingerprint density at radius 3 is 2.85 bits per heavy atom. The summed E-state index contributed by atoms with van der Waals surface area (Å²) in [6, 6.07) is 15.9. The summed E-state index contributed by atoms with van der Waals surface area (Å²) in [6.07, 6.45) is 2.38. The summed E-state index contributed by atoms with van der Waals surface area (Å²) in [5.41, 5.74) is 5.85. The molecule has 0 fully saturated rings. The first kappa shape index (κ1) is 12.0. The van der Waals surface area contributed by atoms with Gasteiger partial charge in [0.25, 0.3) is 0 Å². The molecule has 2 heteroatoms. The summed E-state index contributed by atoms with van der Waals surface area (Å²) in [5.74, 6) is 1.44. The first-order chi connectivity index (χ1) is 9.86. The second-order valence-electron chi connectivity index (χ2n) is 5.77. The highest BCUT2D eigenvalue weighted by atomic mass is 16.5. The molecule has 0 bridgehead atoms. The second-order valence-corrected chi connectivity index (χ2v) is 5.77. The summed E-state index contributed by atoms with van der Waals surface area (Å²) < 4.78 is 5.43. The summed E-state index contributed by atoms with van der Waals surface area (Å²) >= 11 is 0. The molecule has 1 heterocycles. The van der Waals surface area contributed by atoms with E-state index in [9.17, 15) is 0 Å². The minimum Gasteiger partial charge on any atom is -0.497 e. The Hall–Kier alpha value is -1.80. The summed E-state index contributed by atoms with van der Waals surface area (Å²) in [7, 11) is 1.75. The Balaban J connectivity index is 1.89. The van der Waals surface area contributed by atoms with Gasteiger partial charge in [-0.05, 0) is 47.2 Å². The number of nitrogens with one attached hydrogen (secondary N) is 1. The molecule has 2 aliphatic rings. The molecule has 1 N–H and O–H groups in total. The number of benzene rings is 2. The van der Waals surface area contributed by atoms with Gasteiger partial charge in [0, 0.05) is 18.5 Å². The lowest BCUT2D eigenvalue weighted by atomic mass is 9.72. The highest BCUT2D eigenvalue weighted by Gasteiger charge is 2.34. The number of ether oxygens (including phenoxy) is 1. The standard InChI is InChI=1S/C18H19NO/c1-20-14-8-6-12-7-9-17-18(16(12)10-14)15-5-3-2-4-13(15)11-19-17/h2-6,8,10,17-19H,7,9,11H2,1H3. The molecule has 1 aliphatic carbocycles. The lowest BCUT2D eigenvalue weighted by Gasteiger charge is -2.39. The first-order valence-electron chi connectivity index (χ1n) is 7.35. The van der Waals surface area contributed by atoms with Crippen molar-refractivity contribution in [3.05, 3.63) is 64.7 Å². The number of fused-ring (bicyclic) bond motifs is 5. The zero-order valence-electron chi connectivity index (χ0n) is 11.7. The van der Waals surface area contributed by atoms with Crippen LogP contribution < -0.4 is 10.1 Å². The fourth-order valence-corrected chi connectivity index (χ4v) is 3.76. The Labute approximate surface area is 119 Å². The highest BCUT2D eigenvalue weighted by Crippen LogP contribution is 2.41. The van der Waals surface area contributed by atoms with Gasteiger partial charge >= 0.3 is 0 Å². The SMILES string of the molecule is COc1ccc2c(c1)C1c3ccccc3CNC1CC2. The molecule has 1 aliphatic heterocycles. The van der Waals surface area contributed by atoms with E-state index in [1.807, 2.05) is 0 Å². The highest BCUT2D eigenvalue weighted by molar-refractivity contribution is 5.49. The van der Waals surface area contributed by atoms with Crippen LogP contribution in [0, 0.1) is 0 Å². The van der Waals surface area contributed by atoms with Gasteiger partial charge in [-0.2, -0.15) is 0 Å². The maximum Gasteiger partial charge on any atom is 0.119 e. The van der Waals surface area contributed by atoms with Gasteiger partial charge in [0.2, 0.25) is 0 Å². The maximum atomic E-state index is 5.43. The van der Waals surface area contributed by atoms with Crippen LogP contribution in [0.25, 0.3) is 0 Å². The van der Waals surface area contributed by atoms with E-state index in [0.717, 1.165) is 18.7 Å². The number of rotatable bonds is 1. The van der Waals surface area contributed by atoms with E-state index in [0.29, 0.717) is 12.0 Å². The fourth-order valence-electron chi connectivity index (χ4n) is 3.76. The third-order valence-electron chi connectivity index (χ3n) is 4.76. The van der Waals surface area contributed by atoms with Crippen LogP contribution in [0.4, 0.5) is 0 Å². The molecule has 0 aromatic heterocycles. The number of hydrogen-bond donors (Lipinski definition) is 1. The van der Waals surface area contributed by atoms with Crippen molar-refractivity contribution in [2.75, 3.05) is 7.11 Å². The van der Waals surface area contributed by atoms with E-state index in [1.165, 1.54) is 28.7 Å². The summed E-state index contributed by atoms with van der Waals surface area (Å²) in [6.45, 7) is 0.997. The largest absolute Gasteiger partial charge is 0.497 e. The van der Waals surface area contributed by atoms with Crippen molar-refractivity contribution in [3.63, 3.8) is 0 Å². The molecule has 102 valence electrons. The molecule has 2 unspecified atom stereocenters. The lowest BCUT2D eigenvalue weighted by molar-refractivity contribution is 0.387. The molecule has 20 heavy (non-hydrogen) atoms. The number of aryl methyl sites for hydroxylation is 1. The summed E-state index contributed by atoms with van der Waals surface area (Å²) in [4.78, 5) is 0. The van der Waals surface area contributed by atoms with Crippen LogP contribution in [0.2, 0.25) is 0 Å². The lowest BCUT2D eigenvalue weighted by Crippen LogP contribution is -2.42. The molecule has 0 spiro atoms. The molecule has 2 aromatic rings. The van der Waals surface area contributed by atoms with Crippen LogP contribution >= 0.6 is 0 Å². The normalized spacial score (nSPS) is 23.4. The molecular formula is C18H19NO. The molecule has 0 radical (unpaired) electrons. The van der Waals surface area contributed by atoms with Crippen molar-refractivity contribution in [2.45, 2.75) is 31.3 Å². The average Bonchev–Trinajstić information content (AvgIpc) is 2.53. The smallest absolute Gasteiger partial charge is 0.119 e. The minimum atomic E-state index is 0.471. The van der Waals surface area contributed by atoms with Crippen molar-refractivity contribution in [3.8, 4) is 5.75 Å². The molecule has 2 aromatic carbocycles. The first-order valence-corrected chi connectivity index (χ1v) is 7.35. The van der Waals surface area contributed by atoms with E-state index < -0.39 is 0 Å². The van der Waals surface area contributed by atoms with Crippen LogP contribution in [0.3, 0.4) is 0 Å². The van der Waals surface area contributed by atoms with Crippen molar-refractivity contribution in [2.24, 2.45) is 0 Å². The van der Waals surface area contributed by atoms with Crippen molar-refractivity contribution in [1.29, 1.82) is 0 Å². The Bertz CT molecular complexity index is 650. The Kier molecular flexibility index (Phi) is 2.78. The van der Waals surface area contributed by atoms with E-state index in [-0.39, 0.29) is 0 Å². The van der Waals surface area contributed by atoms with Gasteiger partial charge in [-0.25, -0.2) is 0 Å². The van der Waals surface area contributed by atoms with Gasteiger partial charge < -0.3 is 10.1 Å². The van der Waals surface area contributed by atoms with Gasteiger partial charge in [-0.15, -0.1) is 0 Å². The van der Waals surface area contributed by atoms with Crippen LogP contribution in [0.5, 0.6) is 5.75 Å². The van der Waals surface area contributed by atoms with Gasteiger partial charge in [0.1, 0.15) is 5.75 Å². The van der Waals surface area contributed by atoms with Gasteiger partial charge in [-0.1, -0.05) is 30.3 Å². The van der Waals surface area contributed by atoms with Crippen LogP contribution in [0.1, 0.15) is 34.6 Å². The zero-order valence-corrected chi connectivity index (χ0v) is 11.7. The van der Waals surface area contributed by atoms with Crippen molar-refractivity contribution in [1.82, 2.24) is 5.32 Å².